The van der Waals surface area contributed by atoms with Crippen LogP contribution in [0.3, 0.4) is 0 Å². The highest BCUT2D eigenvalue weighted by Crippen LogP contribution is 2.50. The van der Waals surface area contributed by atoms with Crippen molar-refractivity contribution < 1.29 is 0 Å². The first-order valence-electron chi connectivity index (χ1n) is 15.4. The van der Waals surface area contributed by atoms with E-state index in [0.29, 0.717) is 0 Å². The van der Waals surface area contributed by atoms with E-state index >= 15 is 0 Å². The molecule has 1 heterocycles. The molecule has 0 radical (unpaired) electrons. The summed E-state index contributed by atoms with van der Waals surface area (Å²) in [4.78, 5) is 1.95. The molecule has 1 nitrogen and oxygen atoms in total. The number of hydrogen-bond acceptors (Lipinski definition) is 2. The molecule has 0 bridgehead atoms. The van der Waals surface area contributed by atoms with Gasteiger partial charge in [0, 0.05) is 11.1 Å². The largest absolute Gasteiger partial charge is 0.316 e. The predicted molar refractivity (Wildman–Crippen MR) is 214 cm³/mol. The number of aromatic amines is 1. The topological polar surface area (TPSA) is 15.8 Å². The van der Waals surface area contributed by atoms with Crippen molar-refractivity contribution >= 4 is 74.9 Å². The van der Waals surface area contributed by atoms with E-state index in [0.717, 1.165) is 87.6 Å². The van der Waals surface area contributed by atoms with Crippen molar-refractivity contribution in [1.29, 1.82) is 0 Å². The van der Waals surface area contributed by atoms with Crippen molar-refractivity contribution in [3.8, 4) is 43.8 Å². The van der Waals surface area contributed by atoms with Crippen LogP contribution in [0.1, 0.15) is 27.8 Å². The predicted octanol–water partition coefficient (Wildman–Crippen LogP) is 13.5. The van der Waals surface area contributed by atoms with Gasteiger partial charge < -0.3 is 4.37 Å². The number of nitrogens with one attached hydrogen (secondary N) is 1. The summed E-state index contributed by atoms with van der Waals surface area (Å²) in [6, 6.07) is 34.4. The molecule has 1 N–H and O–H groups in total. The molecule has 0 spiro atoms. The molecule has 0 saturated carbocycles. The first-order chi connectivity index (χ1) is 23.0. The van der Waals surface area contributed by atoms with E-state index in [-0.39, 0.29) is 0 Å². The van der Waals surface area contributed by atoms with Gasteiger partial charge in [0.1, 0.15) is 0 Å². The molecule has 47 heavy (non-hydrogen) atoms. The van der Waals surface area contributed by atoms with Crippen LogP contribution >= 0.6 is 24.2 Å². The van der Waals surface area contributed by atoms with Crippen LogP contribution in [0.4, 0.5) is 0 Å². The summed E-state index contributed by atoms with van der Waals surface area (Å²) in [5.74, 6) is 0. The van der Waals surface area contributed by atoms with E-state index < -0.39 is 0 Å². The zero-order valence-corrected chi connectivity index (χ0v) is 27.7. The van der Waals surface area contributed by atoms with E-state index in [1.807, 2.05) is 36.6 Å². The first kappa shape index (κ1) is 30.3. The molecule has 6 aromatic carbocycles. The third-order valence-electron chi connectivity index (χ3n) is 8.93. The third-order valence-corrected chi connectivity index (χ3v) is 10.0. The monoisotopic (exact) mass is 639 g/mol. The number of thiol groups is 1. The molecule has 7 rings (SSSR count). The molecule has 0 atom stereocenters. The molecule has 0 aliphatic carbocycles. The lowest BCUT2D eigenvalue weighted by Crippen LogP contribution is -2.01. The van der Waals surface area contributed by atoms with Crippen LogP contribution in [0.5, 0.6) is 0 Å². The van der Waals surface area contributed by atoms with E-state index in [1.54, 1.807) is 11.5 Å². The maximum atomic E-state index is 4.55. The Labute approximate surface area is 285 Å². The molecular weight excluding hydrogens is 607 g/mol. The van der Waals surface area contributed by atoms with Crippen molar-refractivity contribution in [2.24, 2.45) is 0 Å². The van der Waals surface area contributed by atoms with Gasteiger partial charge in [0.15, 0.2) is 0 Å². The van der Waals surface area contributed by atoms with Crippen molar-refractivity contribution in [3.63, 3.8) is 0 Å². The van der Waals surface area contributed by atoms with Gasteiger partial charge in [-0.15, -0.1) is 12.6 Å². The Kier molecular flexibility index (Phi) is 8.03. The number of aromatic nitrogens is 1. The summed E-state index contributed by atoms with van der Waals surface area (Å²) < 4.78 is 3.17. The van der Waals surface area contributed by atoms with Crippen molar-refractivity contribution in [2.75, 3.05) is 0 Å². The normalized spacial score (nSPS) is 11.1. The van der Waals surface area contributed by atoms with Gasteiger partial charge in [0.2, 0.25) is 0 Å². The molecule has 226 valence electrons. The highest BCUT2D eigenvalue weighted by Gasteiger charge is 2.25. The van der Waals surface area contributed by atoms with Gasteiger partial charge in [-0.25, -0.2) is 0 Å². The van der Waals surface area contributed by atoms with Crippen molar-refractivity contribution in [3.05, 3.63) is 164 Å². The SMILES string of the molecule is C=Cc1c(C=C)c(-c2c(C=C)c(C=C)c(-c3cccc(-c4c[nH]s4)c3)c3ccccc23)c2ccccc2c1-c1cccc(C(=C)S)c1. The molecule has 0 amide bonds. The lowest BCUT2D eigenvalue weighted by Gasteiger charge is -2.25. The second-order valence-electron chi connectivity index (χ2n) is 11.4. The number of benzene rings is 6. The van der Waals surface area contributed by atoms with Gasteiger partial charge in [0.25, 0.3) is 0 Å². The fourth-order valence-corrected chi connectivity index (χ4v) is 7.53. The highest BCUT2D eigenvalue weighted by atomic mass is 32.1. The molecule has 0 unspecified atom stereocenters. The van der Waals surface area contributed by atoms with Crippen LogP contribution < -0.4 is 0 Å². The fraction of sp³-hybridized carbons (Fsp3) is 0. The molecule has 1 aromatic heterocycles. The van der Waals surface area contributed by atoms with E-state index in [9.17, 15) is 0 Å². The average molecular weight is 640 g/mol. The molecule has 3 heteroatoms. The van der Waals surface area contributed by atoms with Crippen LogP contribution in [-0.4, -0.2) is 4.37 Å². The molecular formula is C44H33NS2. The van der Waals surface area contributed by atoms with Crippen LogP contribution in [0.15, 0.2) is 136 Å². The van der Waals surface area contributed by atoms with Gasteiger partial charge in [-0.3, -0.25) is 0 Å². The lowest BCUT2D eigenvalue weighted by atomic mass is 9.78. The summed E-state index contributed by atoms with van der Waals surface area (Å²) in [7, 11) is 0. The van der Waals surface area contributed by atoms with Gasteiger partial charge >= 0.3 is 0 Å². The van der Waals surface area contributed by atoms with Gasteiger partial charge in [0.05, 0.1) is 4.88 Å². The summed E-state index contributed by atoms with van der Waals surface area (Å²) in [5, 5.41) is 4.53. The van der Waals surface area contributed by atoms with Crippen LogP contribution in [0, 0.1) is 0 Å². The Bertz CT molecular complexity index is 2400. The minimum Gasteiger partial charge on any atom is -0.316 e. The van der Waals surface area contributed by atoms with Crippen LogP contribution in [0.25, 0.3) is 94.6 Å². The highest BCUT2D eigenvalue weighted by molar-refractivity contribution is 7.90. The molecule has 7 aromatic rings. The minimum atomic E-state index is 0.724. The summed E-state index contributed by atoms with van der Waals surface area (Å²) in [5.41, 5.74) is 12.9. The molecule has 0 aliphatic heterocycles. The van der Waals surface area contributed by atoms with Crippen LogP contribution in [0.2, 0.25) is 0 Å². The van der Waals surface area contributed by atoms with Gasteiger partial charge in [-0.05, 0) is 100 Å². The molecule has 0 aliphatic rings. The second-order valence-corrected chi connectivity index (χ2v) is 12.8. The van der Waals surface area contributed by atoms with Crippen molar-refractivity contribution in [1.82, 2.24) is 4.37 Å². The number of H-pyrrole nitrogens is 1. The molecule has 0 saturated heterocycles. The van der Waals surface area contributed by atoms with E-state index in [4.69, 9.17) is 0 Å². The average Bonchev–Trinajstić information content (AvgIpc) is 3.08. The van der Waals surface area contributed by atoms with Crippen molar-refractivity contribution in [2.45, 2.75) is 0 Å². The number of rotatable bonds is 9. The van der Waals surface area contributed by atoms with E-state index in [1.165, 1.54) is 10.4 Å². The third kappa shape index (κ3) is 4.96. The summed E-state index contributed by atoms with van der Waals surface area (Å²) >= 11 is 6.19. The van der Waals surface area contributed by atoms with Gasteiger partial charge in [-0.1, -0.05) is 154 Å². The number of hydrogen-bond donors (Lipinski definition) is 2. The standard InChI is InChI=1S/C44H33NS2/c1-6-32-34(8-3)43(38-22-12-10-20-36(38)41(32)30-18-14-16-28(24-30)27(5)46)44-35(9-4)33(7-2)42(37-21-11-13-23-39(37)44)31-19-15-17-29(25-31)40-26-45-47-40/h6-26,45-46H,1-5H2. The smallest absolute Gasteiger partial charge is 0.0682 e. The Morgan fingerprint density at radius 3 is 1.36 bits per heavy atom. The fourth-order valence-electron chi connectivity index (χ4n) is 6.91. The number of fused-ring (bicyclic) bond motifs is 2. The van der Waals surface area contributed by atoms with Crippen LogP contribution in [-0.2, 0) is 0 Å². The lowest BCUT2D eigenvalue weighted by molar-refractivity contribution is 1.50. The zero-order valence-electron chi connectivity index (χ0n) is 26.0. The van der Waals surface area contributed by atoms with E-state index in [2.05, 4.69) is 141 Å². The maximum Gasteiger partial charge on any atom is 0.0682 e. The first-order valence-corrected chi connectivity index (χ1v) is 16.7. The maximum absolute atomic E-state index is 4.55. The summed E-state index contributed by atoms with van der Waals surface area (Å²) in [6.07, 6.45) is 9.92. The quantitative estimate of drug-likeness (QED) is 0.146. The zero-order chi connectivity index (χ0) is 32.7. The summed E-state index contributed by atoms with van der Waals surface area (Å²) in [6.45, 7) is 21.5. The Balaban J connectivity index is 1.64. The molecule has 0 fully saturated rings. The Hall–Kier alpha value is -5.35. The second kappa shape index (κ2) is 12.4. The Morgan fingerprint density at radius 2 is 0.936 bits per heavy atom. The Morgan fingerprint density at radius 1 is 0.532 bits per heavy atom. The van der Waals surface area contributed by atoms with Gasteiger partial charge in [-0.2, -0.15) is 0 Å². The minimum absolute atomic E-state index is 0.724.